The molecule has 3 aromatic rings. The van der Waals surface area contributed by atoms with E-state index in [1.165, 1.54) is 0 Å². The second kappa shape index (κ2) is 6.09. The maximum atomic E-state index is 9.88. The van der Waals surface area contributed by atoms with Crippen LogP contribution in [0.4, 0.5) is 11.5 Å². The lowest BCUT2D eigenvalue weighted by Gasteiger charge is -2.19. The molecule has 1 unspecified atom stereocenters. The molecule has 1 aromatic carbocycles. The minimum atomic E-state index is -0.280. The first kappa shape index (κ1) is 14.9. The highest BCUT2D eigenvalue weighted by Crippen LogP contribution is 2.31. The van der Waals surface area contributed by atoms with E-state index in [0.717, 1.165) is 46.6 Å². The Morgan fingerprint density at radius 1 is 1.21 bits per heavy atom. The van der Waals surface area contributed by atoms with Gasteiger partial charge in [0.25, 0.3) is 0 Å². The molecular formula is C19H20N4O. The largest absolute Gasteiger partial charge is 0.391 e. The van der Waals surface area contributed by atoms with Crippen molar-refractivity contribution in [2.24, 2.45) is 0 Å². The number of aliphatic hydroxyl groups is 1. The van der Waals surface area contributed by atoms with Gasteiger partial charge >= 0.3 is 0 Å². The minimum Gasteiger partial charge on any atom is -0.391 e. The Hall–Kier alpha value is -2.66. The van der Waals surface area contributed by atoms with E-state index < -0.39 is 0 Å². The number of β-amino-alcohol motifs (C(OH)–C–C–N with tert-alkyl or cyclic N) is 1. The van der Waals surface area contributed by atoms with Gasteiger partial charge in [0.1, 0.15) is 5.82 Å². The average Bonchev–Trinajstić information content (AvgIpc) is 3.07. The van der Waals surface area contributed by atoms with Crippen molar-refractivity contribution in [3.63, 3.8) is 0 Å². The van der Waals surface area contributed by atoms with E-state index in [-0.39, 0.29) is 6.10 Å². The third-order valence-electron chi connectivity index (χ3n) is 4.51. The van der Waals surface area contributed by atoms with Crippen molar-refractivity contribution < 1.29 is 5.11 Å². The van der Waals surface area contributed by atoms with Gasteiger partial charge in [-0.25, -0.2) is 4.98 Å². The van der Waals surface area contributed by atoms with E-state index in [0.29, 0.717) is 6.54 Å². The molecule has 5 nitrogen and oxygen atoms in total. The van der Waals surface area contributed by atoms with Crippen molar-refractivity contribution >= 4 is 22.4 Å². The van der Waals surface area contributed by atoms with E-state index in [4.69, 9.17) is 4.98 Å². The molecule has 1 saturated heterocycles. The van der Waals surface area contributed by atoms with Crippen LogP contribution in [0.5, 0.6) is 0 Å². The standard InChI is InChI=1S/C19H20N4O/c1-20-14-6-4-13(5-7-14)17-11-18-16(3-2-9-21-18)19(22-17)23-10-8-15(24)12-23/h2-7,9,11,15,20,24H,8,10,12H2,1H3. The van der Waals surface area contributed by atoms with Gasteiger partial charge in [-0.3, -0.25) is 4.98 Å². The van der Waals surface area contributed by atoms with Crippen molar-refractivity contribution in [3.05, 3.63) is 48.7 Å². The number of anilines is 2. The second-order valence-corrected chi connectivity index (χ2v) is 6.12. The van der Waals surface area contributed by atoms with Gasteiger partial charge in [0.2, 0.25) is 0 Å². The number of rotatable bonds is 3. The molecule has 5 heteroatoms. The topological polar surface area (TPSA) is 61.3 Å². The summed E-state index contributed by atoms with van der Waals surface area (Å²) in [4.78, 5) is 11.6. The van der Waals surface area contributed by atoms with Crippen LogP contribution in [0.3, 0.4) is 0 Å². The number of fused-ring (bicyclic) bond motifs is 1. The molecule has 3 heterocycles. The maximum Gasteiger partial charge on any atom is 0.138 e. The third kappa shape index (κ3) is 2.67. The van der Waals surface area contributed by atoms with E-state index in [1.54, 1.807) is 6.20 Å². The quantitative estimate of drug-likeness (QED) is 0.777. The zero-order valence-corrected chi connectivity index (χ0v) is 13.6. The van der Waals surface area contributed by atoms with Gasteiger partial charge in [-0.2, -0.15) is 0 Å². The highest BCUT2D eigenvalue weighted by atomic mass is 16.3. The molecule has 0 radical (unpaired) electrons. The molecule has 0 aliphatic carbocycles. The normalized spacial score (nSPS) is 17.4. The monoisotopic (exact) mass is 320 g/mol. The average molecular weight is 320 g/mol. The summed E-state index contributed by atoms with van der Waals surface area (Å²) in [5.41, 5.74) is 3.96. The predicted molar refractivity (Wildman–Crippen MR) is 97.4 cm³/mol. The van der Waals surface area contributed by atoms with Gasteiger partial charge < -0.3 is 15.3 Å². The first-order valence-corrected chi connectivity index (χ1v) is 8.21. The Morgan fingerprint density at radius 3 is 2.75 bits per heavy atom. The van der Waals surface area contributed by atoms with Gasteiger partial charge in [-0.1, -0.05) is 12.1 Å². The first-order chi connectivity index (χ1) is 11.7. The summed E-state index contributed by atoms with van der Waals surface area (Å²) in [5.74, 6) is 0.907. The fraction of sp³-hybridized carbons (Fsp3) is 0.263. The molecule has 1 fully saturated rings. The second-order valence-electron chi connectivity index (χ2n) is 6.12. The van der Waals surface area contributed by atoms with E-state index >= 15 is 0 Å². The number of benzene rings is 1. The molecule has 2 aromatic heterocycles. The van der Waals surface area contributed by atoms with Crippen LogP contribution in [0.2, 0.25) is 0 Å². The van der Waals surface area contributed by atoms with E-state index in [1.807, 2.05) is 37.4 Å². The molecule has 1 aliphatic rings. The Kier molecular flexibility index (Phi) is 3.78. The fourth-order valence-electron chi connectivity index (χ4n) is 3.19. The number of hydrogen-bond acceptors (Lipinski definition) is 5. The van der Waals surface area contributed by atoms with Crippen LogP contribution in [0, 0.1) is 0 Å². The highest BCUT2D eigenvalue weighted by molar-refractivity contribution is 5.92. The molecule has 0 amide bonds. The van der Waals surface area contributed by atoms with E-state index in [9.17, 15) is 5.11 Å². The number of nitrogens with zero attached hydrogens (tertiary/aromatic N) is 3. The SMILES string of the molecule is CNc1ccc(-c2cc3ncccc3c(N3CCC(O)C3)n2)cc1. The highest BCUT2D eigenvalue weighted by Gasteiger charge is 2.23. The zero-order valence-electron chi connectivity index (χ0n) is 13.6. The van der Waals surface area contributed by atoms with Gasteiger partial charge in [0.05, 0.1) is 17.3 Å². The number of pyridine rings is 2. The van der Waals surface area contributed by atoms with Gasteiger partial charge in [0.15, 0.2) is 0 Å². The molecule has 0 spiro atoms. The first-order valence-electron chi connectivity index (χ1n) is 8.21. The molecule has 1 atom stereocenters. The van der Waals surface area contributed by atoms with Crippen LogP contribution in [0.15, 0.2) is 48.7 Å². The molecule has 1 aliphatic heterocycles. The van der Waals surface area contributed by atoms with Gasteiger partial charge in [-0.15, -0.1) is 0 Å². The van der Waals surface area contributed by atoms with E-state index in [2.05, 4.69) is 27.3 Å². The lowest BCUT2D eigenvalue weighted by atomic mass is 10.1. The summed E-state index contributed by atoms with van der Waals surface area (Å²) in [7, 11) is 1.91. The molecule has 2 N–H and O–H groups in total. The van der Waals surface area contributed by atoms with Crippen LogP contribution in [-0.2, 0) is 0 Å². The van der Waals surface area contributed by atoms with Crippen LogP contribution >= 0.6 is 0 Å². The molecular weight excluding hydrogens is 300 g/mol. The smallest absolute Gasteiger partial charge is 0.138 e. The minimum absolute atomic E-state index is 0.280. The predicted octanol–water partition coefficient (Wildman–Crippen LogP) is 2.91. The van der Waals surface area contributed by atoms with Gasteiger partial charge in [0, 0.05) is 43.0 Å². The maximum absolute atomic E-state index is 9.88. The van der Waals surface area contributed by atoms with Crippen LogP contribution in [0.25, 0.3) is 22.2 Å². The molecule has 0 bridgehead atoms. The number of aromatic nitrogens is 2. The van der Waals surface area contributed by atoms with Crippen molar-refractivity contribution in [1.29, 1.82) is 0 Å². The summed E-state index contributed by atoms with van der Waals surface area (Å²) >= 11 is 0. The van der Waals surface area contributed by atoms with Crippen molar-refractivity contribution in [2.45, 2.75) is 12.5 Å². The van der Waals surface area contributed by atoms with Crippen molar-refractivity contribution in [3.8, 4) is 11.3 Å². The summed E-state index contributed by atoms with van der Waals surface area (Å²) in [6.07, 6.45) is 2.31. The summed E-state index contributed by atoms with van der Waals surface area (Å²) in [6.45, 7) is 1.44. The fourth-order valence-corrected chi connectivity index (χ4v) is 3.19. The number of aliphatic hydroxyl groups excluding tert-OH is 1. The zero-order chi connectivity index (χ0) is 16.5. The number of hydrogen-bond donors (Lipinski definition) is 2. The Bertz CT molecular complexity index is 863. The van der Waals surface area contributed by atoms with Crippen molar-refractivity contribution in [2.75, 3.05) is 30.4 Å². The molecule has 122 valence electrons. The summed E-state index contributed by atoms with van der Waals surface area (Å²) < 4.78 is 0. The summed E-state index contributed by atoms with van der Waals surface area (Å²) in [6, 6.07) is 14.2. The number of nitrogens with one attached hydrogen (secondary N) is 1. The van der Waals surface area contributed by atoms with Crippen LogP contribution in [-0.4, -0.2) is 41.3 Å². The molecule has 0 saturated carbocycles. The third-order valence-corrected chi connectivity index (χ3v) is 4.51. The Morgan fingerprint density at radius 2 is 2.04 bits per heavy atom. The van der Waals surface area contributed by atoms with Gasteiger partial charge in [-0.05, 0) is 36.8 Å². The Balaban J connectivity index is 1.84. The Labute approximate surface area is 141 Å². The molecule has 4 rings (SSSR count). The lowest BCUT2D eigenvalue weighted by Crippen LogP contribution is -2.22. The van der Waals surface area contributed by atoms with Crippen molar-refractivity contribution in [1.82, 2.24) is 9.97 Å². The molecule has 24 heavy (non-hydrogen) atoms. The lowest BCUT2D eigenvalue weighted by molar-refractivity contribution is 0.198. The van der Waals surface area contributed by atoms with Crippen LogP contribution in [0.1, 0.15) is 6.42 Å². The summed E-state index contributed by atoms with van der Waals surface area (Å²) in [5, 5.41) is 14.0. The van der Waals surface area contributed by atoms with Crippen LogP contribution < -0.4 is 10.2 Å².